The largest absolute Gasteiger partial charge is 0.323 e. The van der Waals surface area contributed by atoms with E-state index in [0.717, 1.165) is 18.0 Å². The third-order valence-corrected chi connectivity index (χ3v) is 2.35. The van der Waals surface area contributed by atoms with Crippen LogP contribution in [-0.2, 0) is 0 Å². The maximum absolute atomic E-state index is 5.97. The molecule has 1 heterocycles. The van der Waals surface area contributed by atoms with Crippen LogP contribution >= 0.6 is 0 Å². The Balaban J connectivity index is 2.04. The molecule has 2 N–H and O–H groups in total. The first kappa shape index (κ1) is 8.56. The Labute approximate surface area is 77.6 Å². The molecule has 1 aliphatic rings. The van der Waals surface area contributed by atoms with Gasteiger partial charge in [0.25, 0.3) is 0 Å². The molecule has 0 bridgehead atoms. The van der Waals surface area contributed by atoms with Gasteiger partial charge in [0.1, 0.15) is 5.82 Å². The van der Waals surface area contributed by atoms with Crippen LogP contribution in [0.4, 0.5) is 0 Å². The maximum atomic E-state index is 5.97. The van der Waals surface area contributed by atoms with E-state index in [4.69, 9.17) is 5.73 Å². The summed E-state index contributed by atoms with van der Waals surface area (Å²) in [5, 5.41) is 7.64. The summed E-state index contributed by atoms with van der Waals surface area (Å²) in [6, 6.07) is 0.0432. The van der Waals surface area contributed by atoms with Gasteiger partial charge in [0.15, 0.2) is 0 Å². The molecule has 1 fully saturated rings. The molecule has 0 amide bonds. The van der Waals surface area contributed by atoms with Gasteiger partial charge in [-0.05, 0) is 19.3 Å². The second kappa shape index (κ2) is 3.38. The lowest BCUT2D eigenvalue weighted by molar-refractivity contribution is 0.575. The smallest absolute Gasteiger partial charge is 0.148 e. The van der Waals surface area contributed by atoms with E-state index >= 15 is 0 Å². The molecule has 4 nitrogen and oxygen atoms in total. The standard InChI is InChI=1S/C9H14N4/c1-6-12-9(5-11-13-6)8(10)4-7-2-3-7/h5,7-8H,2-4,10H2,1H3. The van der Waals surface area contributed by atoms with Crippen molar-refractivity contribution in [1.82, 2.24) is 15.2 Å². The minimum atomic E-state index is 0.0432. The molecular weight excluding hydrogens is 164 g/mol. The third-order valence-electron chi connectivity index (χ3n) is 2.35. The van der Waals surface area contributed by atoms with Crippen molar-refractivity contribution in [3.8, 4) is 0 Å². The molecule has 1 aromatic heterocycles. The molecule has 1 unspecified atom stereocenters. The minimum Gasteiger partial charge on any atom is -0.323 e. The second-order valence-electron chi connectivity index (χ2n) is 3.71. The predicted molar refractivity (Wildman–Crippen MR) is 48.8 cm³/mol. The molecule has 2 rings (SSSR count). The summed E-state index contributed by atoms with van der Waals surface area (Å²) < 4.78 is 0. The van der Waals surface area contributed by atoms with Crippen molar-refractivity contribution in [3.63, 3.8) is 0 Å². The first-order valence-corrected chi connectivity index (χ1v) is 4.67. The van der Waals surface area contributed by atoms with Crippen molar-refractivity contribution in [3.05, 3.63) is 17.7 Å². The first-order chi connectivity index (χ1) is 6.25. The Hall–Kier alpha value is -1.03. The van der Waals surface area contributed by atoms with E-state index in [0.29, 0.717) is 5.82 Å². The normalized spacial score (nSPS) is 18.6. The van der Waals surface area contributed by atoms with Gasteiger partial charge in [-0.15, -0.1) is 5.10 Å². The number of nitrogens with two attached hydrogens (primary N) is 1. The highest BCUT2D eigenvalue weighted by Crippen LogP contribution is 2.36. The van der Waals surface area contributed by atoms with Crippen LogP contribution in [0.2, 0.25) is 0 Å². The highest BCUT2D eigenvalue weighted by molar-refractivity contribution is 5.02. The molecule has 70 valence electrons. The number of rotatable bonds is 3. The quantitative estimate of drug-likeness (QED) is 0.749. The molecule has 0 saturated heterocycles. The Morgan fingerprint density at radius 3 is 3.00 bits per heavy atom. The fourth-order valence-corrected chi connectivity index (χ4v) is 1.42. The first-order valence-electron chi connectivity index (χ1n) is 4.67. The minimum absolute atomic E-state index is 0.0432. The molecule has 1 aromatic rings. The van der Waals surface area contributed by atoms with Crippen molar-refractivity contribution in [2.24, 2.45) is 11.7 Å². The van der Waals surface area contributed by atoms with Crippen LogP contribution in [0.1, 0.15) is 36.8 Å². The van der Waals surface area contributed by atoms with Gasteiger partial charge in [0.2, 0.25) is 0 Å². The molecular formula is C9H14N4. The predicted octanol–water partition coefficient (Wildman–Crippen LogP) is 0.980. The van der Waals surface area contributed by atoms with Crippen LogP contribution in [-0.4, -0.2) is 15.2 Å². The van der Waals surface area contributed by atoms with E-state index in [2.05, 4.69) is 15.2 Å². The Morgan fingerprint density at radius 2 is 2.38 bits per heavy atom. The molecule has 4 heteroatoms. The number of aryl methyl sites for hydroxylation is 1. The monoisotopic (exact) mass is 178 g/mol. The van der Waals surface area contributed by atoms with Crippen molar-refractivity contribution in [1.29, 1.82) is 0 Å². The Bertz CT molecular complexity index is 295. The van der Waals surface area contributed by atoms with Crippen LogP contribution in [0.15, 0.2) is 6.20 Å². The van der Waals surface area contributed by atoms with E-state index in [1.807, 2.05) is 6.92 Å². The molecule has 0 radical (unpaired) electrons. The van der Waals surface area contributed by atoms with Gasteiger partial charge in [0.05, 0.1) is 11.9 Å². The van der Waals surface area contributed by atoms with E-state index < -0.39 is 0 Å². The van der Waals surface area contributed by atoms with E-state index in [-0.39, 0.29) is 6.04 Å². The Kier molecular flexibility index (Phi) is 2.22. The van der Waals surface area contributed by atoms with E-state index in [1.165, 1.54) is 12.8 Å². The van der Waals surface area contributed by atoms with Crippen LogP contribution in [0.25, 0.3) is 0 Å². The van der Waals surface area contributed by atoms with Gasteiger partial charge in [-0.2, -0.15) is 5.10 Å². The van der Waals surface area contributed by atoms with Gasteiger partial charge in [0, 0.05) is 6.04 Å². The third kappa shape index (κ3) is 2.21. The van der Waals surface area contributed by atoms with Crippen molar-refractivity contribution < 1.29 is 0 Å². The molecule has 0 aliphatic heterocycles. The highest BCUT2D eigenvalue weighted by atomic mass is 15.1. The lowest BCUT2D eigenvalue weighted by atomic mass is 10.1. The summed E-state index contributed by atoms with van der Waals surface area (Å²) in [6.45, 7) is 1.83. The Morgan fingerprint density at radius 1 is 1.62 bits per heavy atom. The topological polar surface area (TPSA) is 64.7 Å². The summed E-state index contributed by atoms with van der Waals surface area (Å²) >= 11 is 0. The number of hydrogen-bond donors (Lipinski definition) is 1. The summed E-state index contributed by atoms with van der Waals surface area (Å²) in [7, 11) is 0. The van der Waals surface area contributed by atoms with E-state index in [1.54, 1.807) is 6.20 Å². The zero-order valence-electron chi connectivity index (χ0n) is 7.77. The van der Waals surface area contributed by atoms with Gasteiger partial charge in [-0.1, -0.05) is 12.8 Å². The average Bonchev–Trinajstić information content (AvgIpc) is 2.88. The average molecular weight is 178 g/mol. The molecule has 1 saturated carbocycles. The van der Waals surface area contributed by atoms with Crippen molar-refractivity contribution >= 4 is 0 Å². The van der Waals surface area contributed by atoms with Gasteiger partial charge >= 0.3 is 0 Å². The molecule has 0 spiro atoms. The maximum Gasteiger partial charge on any atom is 0.148 e. The lowest BCUT2D eigenvalue weighted by Crippen LogP contribution is -2.14. The number of nitrogens with zero attached hydrogens (tertiary/aromatic N) is 3. The fraction of sp³-hybridized carbons (Fsp3) is 0.667. The van der Waals surface area contributed by atoms with Gasteiger partial charge in [-0.3, -0.25) is 0 Å². The fourth-order valence-electron chi connectivity index (χ4n) is 1.42. The zero-order chi connectivity index (χ0) is 9.26. The van der Waals surface area contributed by atoms with Crippen LogP contribution in [0, 0.1) is 12.8 Å². The molecule has 13 heavy (non-hydrogen) atoms. The summed E-state index contributed by atoms with van der Waals surface area (Å²) in [6.07, 6.45) is 5.36. The van der Waals surface area contributed by atoms with Gasteiger partial charge < -0.3 is 5.73 Å². The lowest BCUT2D eigenvalue weighted by Gasteiger charge is -2.09. The summed E-state index contributed by atoms with van der Waals surface area (Å²) in [4.78, 5) is 4.26. The van der Waals surface area contributed by atoms with E-state index in [9.17, 15) is 0 Å². The number of hydrogen-bond acceptors (Lipinski definition) is 4. The molecule has 1 aliphatic carbocycles. The number of aromatic nitrogens is 3. The van der Waals surface area contributed by atoms with Crippen LogP contribution in [0.5, 0.6) is 0 Å². The molecule has 1 atom stereocenters. The summed E-state index contributed by atoms with van der Waals surface area (Å²) in [5.41, 5.74) is 6.85. The SMILES string of the molecule is Cc1nncc(C(N)CC2CC2)n1. The van der Waals surface area contributed by atoms with Gasteiger partial charge in [-0.25, -0.2) is 4.98 Å². The summed E-state index contributed by atoms with van der Waals surface area (Å²) in [5.74, 6) is 1.52. The second-order valence-corrected chi connectivity index (χ2v) is 3.71. The van der Waals surface area contributed by atoms with Crippen LogP contribution in [0.3, 0.4) is 0 Å². The van der Waals surface area contributed by atoms with Crippen molar-refractivity contribution in [2.45, 2.75) is 32.2 Å². The highest BCUT2D eigenvalue weighted by Gasteiger charge is 2.25. The van der Waals surface area contributed by atoms with Crippen molar-refractivity contribution in [2.75, 3.05) is 0 Å². The molecule has 0 aromatic carbocycles. The zero-order valence-corrected chi connectivity index (χ0v) is 7.77. The van der Waals surface area contributed by atoms with Crippen LogP contribution < -0.4 is 5.73 Å².